The summed E-state index contributed by atoms with van der Waals surface area (Å²) in [6.07, 6.45) is 0. The molecule has 0 spiro atoms. The summed E-state index contributed by atoms with van der Waals surface area (Å²) in [4.78, 5) is 6.24. The lowest BCUT2D eigenvalue weighted by Crippen LogP contribution is -2.23. The summed E-state index contributed by atoms with van der Waals surface area (Å²) in [6.45, 7) is 3.00. The maximum atomic E-state index is 5.63. The minimum absolute atomic E-state index is 0. The highest BCUT2D eigenvalue weighted by atomic mass is 35.5. The van der Waals surface area contributed by atoms with Crippen LogP contribution in [0.2, 0.25) is 0 Å². The monoisotopic (exact) mass is 312 g/mol. The van der Waals surface area contributed by atoms with Gasteiger partial charge in [0.15, 0.2) is 5.82 Å². The standard InChI is InChI=1S/C14H20N4O2.ClH/c1-18(10-13-16-14(9-15)20-17-13)7-8-19-11-12-5-3-2-4-6-12;/h2-6H,7-11,15H2,1H3;1H. The predicted octanol–water partition coefficient (Wildman–Crippen LogP) is 1.60. The van der Waals surface area contributed by atoms with Crippen LogP contribution in [0, 0.1) is 0 Å². The van der Waals surface area contributed by atoms with Crippen LogP contribution < -0.4 is 5.73 Å². The van der Waals surface area contributed by atoms with E-state index in [1.165, 1.54) is 5.56 Å². The van der Waals surface area contributed by atoms with E-state index in [2.05, 4.69) is 27.2 Å². The highest BCUT2D eigenvalue weighted by Crippen LogP contribution is 2.02. The van der Waals surface area contributed by atoms with Crippen molar-refractivity contribution in [2.75, 3.05) is 20.2 Å². The molecule has 6 nitrogen and oxygen atoms in total. The summed E-state index contributed by atoms with van der Waals surface area (Å²) in [7, 11) is 1.99. The normalized spacial score (nSPS) is 10.6. The molecule has 1 aromatic carbocycles. The number of likely N-dealkylation sites (N-methyl/N-ethyl adjacent to an activating group) is 1. The molecule has 2 aromatic rings. The first-order valence-corrected chi connectivity index (χ1v) is 6.59. The van der Waals surface area contributed by atoms with Crippen molar-refractivity contribution in [1.29, 1.82) is 0 Å². The minimum atomic E-state index is 0. The quantitative estimate of drug-likeness (QED) is 0.746. The molecule has 2 rings (SSSR count). The second-order valence-corrected chi connectivity index (χ2v) is 4.58. The van der Waals surface area contributed by atoms with Gasteiger partial charge in [-0.3, -0.25) is 4.90 Å². The number of aromatic nitrogens is 2. The van der Waals surface area contributed by atoms with Gasteiger partial charge in [0.05, 0.1) is 26.3 Å². The van der Waals surface area contributed by atoms with Crippen molar-refractivity contribution in [2.24, 2.45) is 5.73 Å². The summed E-state index contributed by atoms with van der Waals surface area (Å²) in [5, 5.41) is 3.85. The number of halogens is 1. The Morgan fingerprint density at radius 1 is 1.29 bits per heavy atom. The minimum Gasteiger partial charge on any atom is -0.375 e. The molecule has 0 atom stereocenters. The second-order valence-electron chi connectivity index (χ2n) is 4.58. The van der Waals surface area contributed by atoms with Crippen molar-refractivity contribution < 1.29 is 9.26 Å². The van der Waals surface area contributed by atoms with Crippen molar-refractivity contribution in [3.05, 3.63) is 47.6 Å². The third-order valence-corrected chi connectivity index (χ3v) is 2.83. The molecule has 0 amide bonds. The molecular weight excluding hydrogens is 292 g/mol. The van der Waals surface area contributed by atoms with Gasteiger partial charge in [0.2, 0.25) is 5.89 Å². The predicted molar refractivity (Wildman–Crippen MR) is 81.9 cm³/mol. The number of hydrogen-bond donors (Lipinski definition) is 1. The van der Waals surface area contributed by atoms with Crippen LogP contribution in [0.5, 0.6) is 0 Å². The molecule has 1 aromatic heterocycles. The van der Waals surface area contributed by atoms with Gasteiger partial charge in [0.1, 0.15) is 0 Å². The molecule has 0 aliphatic rings. The zero-order valence-corrected chi connectivity index (χ0v) is 12.9. The third kappa shape index (κ3) is 6.22. The Bertz CT molecular complexity index is 507. The molecule has 7 heteroatoms. The summed E-state index contributed by atoms with van der Waals surface area (Å²) in [5.41, 5.74) is 6.60. The van der Waals surface area contributed by atoms with Crippen LogP contribution in [0.15, 0.2) is 34.9 Å². The van der Waals surface area contributed by atoms with Crippen LogP contribution in [0.1, 0.15) is 17.3 Å². The number of benzene rings is 1. The summed E-state index contributed by atoms with van der Waals surface area (Å²) in [5.74, 6) is 1.12. The number of nitrogens with zero attached hydrogens (tertiary/aromatic N) is 3. The van der Waals surface area contributed by atoms with Crippen LogP contribution in [0.4, 0.5) is 0 Å². The number of hydrogen-bond acceptors (Lipinski definition) is 6. The van der Waals surface area contributed by atoms with Crippen LogP contribution in [0.3, 0.4) is 0 Å². The van der Waals surface area contributed by atoms with Crippen molar-refractivity contribution in [1.82, 2.24) is 15.0 Å². The smallest absolute Gasteiger partial charge is 0.240 e. The van der Waals surface area contributed by atoms with Gasteiger partial charge in [-0.05, 0) is 12.6 Å². The molecule has 0 radical (unpaired) electrons. The molecule has 0 saturated heterocycles. The van der Waals surface area contributed by atoms with Crippen molar-refractivity contribution in [3.63, 3.8) is 0 Å². The number of rotatable bonds is 8. The van der Waals surface area contributed by atoms with Gasteiger partial charge >= 0.3 is 0 Å². The van der Waals surface area contributed by atoms with Crippen LogP contribution in [-0.4, -0.2) is 35.2 Å². The first kappa shape index (κ1) is 17.6. The number of ether oxygens (including phenoxy) is 1. The van der Waals surface area contributed by atoms with E-state index in [1.54, 1.807) is 0 Å². The maximum Gasteiger partial charge on any atom is 0.240 e. The molecule has 0 aliphatic carbocycles. The molecule has 2 N–H and O–H groups in total. The lowest BCUT2D eigenvalue weighted by Gasteiger charge is -2.14. The average Bonchev–Trinajstić information content (AvgIpc) is 2.92. The van der Waals surface area contributed by atoms with E-state index in [4.69, 9.17) is 15.0 Å². The molecule has 0 aliphatic heterocycles. The summed E-state index contributed by atoms with van der Waals surface area (Å²) in [6, 6.07) is 10.1. The Hall–Kier alpha value is -1.47. The zero-order valence-electron chi connectivity index (χ0n) is 12.1. The Kier molecular flexibility index (Phi) is 7.92. The fourth-order valence-electron chi connectivity index (χ4n) is 1.74. The van der Waals surface area contributed by atoms with Crippen LogP contribution in [0.25, 0.3) is 0 Å². The van der Waals surface area contributed by atoms with Crippen molar-refractivity contribution in [3.8, 4) is 0 Å². The molecule has 1 heterocycles. The van der Waals surface area contributed by atoms with Gasteiger partial charge < -0.3 is 15.0 Å². The van der Waals surface area contributed by atoms with Crippen molar-refractivity contribution >= 4 is 12.4 Å². The lowest BCUT2D eigenvalue weighted by atomic mass is 10.2. The summed E-state index contributed by atoms with van der Waals surface area (Å²) >= 11 is 0. The van der Waals surface area contributed by atoms with E-state index in [-0.39, 0.29) is 19.0 Å². The zero-order chi connectivity index (χ0) is 14.2. The van der Waals surface area contributed by atoms with Crippen LogP contribution in [-0.2, 0) is 24.4 Å². The average molecular weight is 313 g/mol. The molecule has 21 heavy (non-hydrogen) atoms. The van der Waals surface area contributed by atoms with Gasteiger partial charge in [0, 0.05) is 6.54 Å². The van der Waals surface area contributed by atoms with E-state index in [9.17, 15) is 0 Å². The fourth-order valence-corrected chi connectivity index (χ4v) is 1.74. The summed E-state index contributed by atoms with van der Waals surface area (Å²) < 4.78 is 10.6. The van der Waals surface area contributed by atoms with E-state index in [0.717, 1.165) is 6.54 Å². The highest BCUT2D eigenvalue weighted by Gasteiger charge is 2.07. The van der Waals surface area contributed by atoms with E-state index in [1.807, 2.05) is 25.2 Å². The topological polar surface area (TPSA) is 77.4 Å². The maximum absolute atomic E-state index is 5.63. The Morgan fingerprint density at radius 2 is 2.05 bits per heavy atom. The number of nitrogens with two attached hydrogens (primary N) is 1. The second kappa shape index (κ2) is 9.46. The molecule has 0 unspecified atom stereocenters. The van der Waals surface area contributed by atoms with Crippen LogP contribution >= 0.6 is 12.4 Å². The molecular formula is C14H21ClN4O2. The Labute approximate surface area is 130 Å². The molecule has 0 fully saturated rings. The molecule has 116 valence electrons. The largest absolute Gasteiger partial charge is 0.375 e. The first-order valence-electron chi connectivity index (χ1n) is 6.59. The van der Waals surface area contributed by atoms with E-state index < -0.39 is 0 Å². The molecule has 0 saturated carbocycles. The van der Waals surface area contributed by atoms with Gasteiger partial charge in [-0.15, -0.1) is 12.4 Å². The fraction of sp³-hybridized carbons (Fsp3) is 0.429. The van der Waals surface area contributed by atoms with E-state index >= 15 is 0 Å². The SMILES string of the molecule is CN(CCOCc1ccccc1)Cc1noc(CN)n1.Cl. The van der Waals surface area contributed by atoms with Gasteiger partial charge in [0.25, 0.3) is 0 Å². The van der Waals surface area contributed by atoms with E-state index in [0.29, 0.717) is 31.5 Å². The van der Waals surface area contributed by atoms with Gasteiger partial charge in [-0.1, -0.05) is 35.5 Å². The Morgan fingerprint density at radius 3 is 2.71 bits per heavy atom. The lowest BCUT2D eigenvalue weighted by molar-refractivity contribution is 0.0972. The first-order chi connectivity index (χ1) is 9.78. The van der Waals surface area contributed by atoms with Gasteiger partial charge in [-0.25, -0.2) is 0 Å². The highest BCUT2D eigenvalue weighted by molar-refractivity contribution is 5.85. The Balaban J connectivity index is 0.00000220. The molecule has 0 bridgehead atoms. The third-order valence-electron chi connectivity index (χ3n) is 2.83. The van der Waals surface area contributed by atoms with Crippen molar-refractivity contribution in [2.45, 2.75) is 19.7 Å². The van der Waals surface area contributed by atoms with Gasteiger partial charge in [-0.2, -0.15) is 4.98 Å².